The van der Waals surface area contributed by atoms with E-state index in [9.17, 15) is 0 Å². The van der Waals surface area contributed by atoms with Crippen LogP contribution >= 0.6 is 0 Å². The van der Waals surface area contributed by atoms with E-state index >= 15 is 0 Å². The molecule has 1 aromatic rings. The normalized spacial score (nSPS) is 12.1. The smallest absolute Gasteiger partial charge is 0.140 e. The van der Waals surface area contributed by atoms with Crippen molar-refractivity contribution >= 4 is 0 Å². The van der Waals surface area contributed by atoms with Crippen LogP contribution in [0.2, 0.25) is 0 Å². The highest BCUT2D eigenvalue weighted by Crippen LogP contribution is 2.01. The molecule has 1 heterocycles. The zero-order valence-corrected chi connectivity index (χ0v) is 6.99. The molecule has 0 radical (unpaired) electrons. The molecule has 2 N–H and O–H groups in total. The molecule has 3 heteroatoms. The van der Waals surface area contributed by atoms with Gasteiger partial charge in [0, 0.05) is 12.2 Å². The van der Waals surface area contributed by atoms with Crippen LogP contribution in [0.15, 0.2) is 18.3 Å². The summed E-state index contributed by atoms with van der Waals surface area (Å²) in [5.74, 6) is 0. The van der Waals surface area contributed by atoms with Crippen molar-refractivity contribution in [3.05, 3.63) is 29.6 Å². The summed E-state index contributed by atoms with van der Waals surface area (Å²) in [5, 5.41) is 8.47. The number of aromatic nitrogens is 1. The van der Waals surface area contributed by atoms with E-state index in [4.69, 9.17) is 11.0 Å². The molecule has 0 aromatic carbocycles. The fraction of sp³-hybridized carbons (Fsp3) is 0.333. The van der Waals surface area contributed by atoms with Crippen molar-refractivity contribution in [2.75, 3.05) is 0 Å². The van der Waals surface area contributed by atoms with Gasteiger partial charge < -0.3 is 5.73 Å². The van der Waals surface area contributed by atoms with Crippen LogP contribution in [0, 0.1) is 11.3 Å². The molecule has 0 aliphatic carbocycles. The van der Waals surface area contributed by atoms with E-state index < -0.39 is 0 Å². The van der Waals surface area contributed by atoms with Gasteiger partial charge in [0.2, 0.25) is 0 Å². The Kier molecular flexibility index (Phi) is 2.78. The van der Waals surface area contributed by atoms with Gasteiger partial charge in [-0.2, -0.15) is 5.26 Å². The Balaban J connectivity index is 2.73. The van der Waals surface area contributed by atoms with Gasteiger partial charge in [-0.05, 0) is 25.0 Å². The summed E-state index contributed by atoms with van der Waals surface area (Å²) in [4.78, 5) is 3.93. The first kappa shape index (κ1) is 8.69. The Hall–Kier alpha value is -1.40. The predicted octanol–water partition coefficient (Wildman–Crippen LogP) is 0.843. The zero-order chi connectivity index (χ0) is 8.97. The van der Waals surface area contributed by atoms with Crippen LogP contribution in [-0.4, -0.2) is 11.0 Å². The number of hydrogen-bond acceptors (Lipinski definition) is 3. The van der Waals surface area contributed by atoms with Gasteiger partial charge in [-0.15, -0.1) is 0 Å². The Morgan fingerprint density at radius 1 is 1.67 bits per heavy atom. The highest BCUT2D eigenvalue weighted by atomic mass is 14.7. The molecule has 0 bridgehead atoms. The second kappa shape index (κ2) is 3.84. The Bertz CT molecular complexity index is 282. The molecule has 0 aliphatic rings. The quantitative estimate of drug-likeness (QED) is 0.699. The summed E-state index contributed by atoms with van der Waals surface area (Å²) in [6.45, 7) is 1.94. The molecule has 3 nitrogen and oxygen atoms in total. The molecule has 0 saturated carbocycles. The summed E-state index contributed by atoms with van der Waals surface area (Å²) in [7, 11) is 0. The molecule has 1 rings (SSSR count). The lowest BCUT2D eigenvalue weighted by atomic mass is 10.1. The van der Waals surface area contributed by atoms with Gasteiger partial charge in [0.05, 0.1) is 0 Å². The second-order valence-corrected chi connectivity index (χ2v) is 2.84. The van der Waals surface area contributed by atoms with Gasteiger partial charge in [0.1, 0.15) is 11.8 Å². The first-order chi connectivity index (χ1) is 5.72. The molecule has 1 atom stereocenters. The van der Waals surface area contributed by atoms with E-state index in [1.807, 2.05) is 19.1 Å². The maximum absolute atomic E-state index is 8.47. The second-order valence-electron chi connectivity index (χ2n) is 2.84. The van der Waals surface area contributed by atoms with E-state index in [1.54, 1.807) is 12.3 Å². The summed E-state index contributed by atoms with van der Waals surface area (Å²) in [5.41, 5.74) is 7.12. The number of nitrogens with zero attached hydrogens (tertiary/aromatic N) is 2. The number of nitriles is 1. The van der Waals surface area contributed by atoms with Gasteiger partial charge in [0.25, 0.3) is 0 Å². The van der Waals surface area contributed by atoms with Crippen LogP contribution in [0.1, 0.15) is 18.2 Å². The molecule has 0 saturated heterocycles. The van der Waals surface area contributed by atoms with Crippen molar-refractivity contribution in [3.8, 4) is 6.07 Å². The van der Waals surface area contributed by atoms with Crippen molar-refractivity contribution in [3.63, 3.8) is 0 Å². The highest BCUT2D eigenvalue weighted by molar-refractivity contribution is 5.23. The maximum Gasteiger partial charge on any atom is 0.140 e. The van der Waals surface area contributed by atoms with Gasteiger partial charge in [-0.3, -0.25) is 0 Å². The first-order valence-corrected chi connectivity index (χ1v) is 3.83. The Labute approximate surface area is 71.8 Å². The van der Waals surface area contributed by atoms with Crippen molar-refractivity contribution in [2.24, 2.45) is 5.73 Å². The predicted molar refractivity (Wildman–Crippen MR) is 46.3 cm³/mol. The standard InChI is InChI=1S/C9H11N3/c1-7(11)4-8-2-3-9(5-10)12-6-8/h2-3,6-7H,4,11H2,1H3. The fourth-order valence-electron chi connectivity index (χ4n) is 0.983. The molecule has 0 fully saturated rings. The minimum absolute atomic E-state index is 0.139. The summed E-state index contributed by atoms with van der Waals surface area (Å²) in [6, 6.07) is 5.69. The minimum atomic E-state index is 0.139. The molecule has 12 heavy (non-hydrogen) atoms. The van der Waals surface area contributed by atoms with Gasteiger partial charge in [-0.25, -0.2) is 4.98 Å². The van der Waals surface area contributed by atoms with Crippen molar-refractivity contribution in [1.82, 2.24) is 4.98 Å². The fourth-order valence-corrected chi connectivity index (χ4v) is 0.983. The van der Waals surface area contributed by atoms with E-state index in [1.165, 1.54) is 0 Å². The molecule has 0 spiro atoms. The van der Waals surface area contributed by atoms with E-state index in [0.29, 0.717) is 5.69 Å². The van der Waals surface area contributed by atoms with Crippen molar-refractivity contribution < 1.29 is 0 Å². The lowest BCUT2D eigenvalue weighted by Gasteiger charge is -2.03. The van der Waals surface area contributed by atoms with Crippen LogP contribution in [0.3, 0.4) is 0 Å². The molecule has 62 valence electrons. The SMILES string of the molecule is CC(N)Cc1ccc(C#N)nc1. The number of hydrogen-bond donors (Lipinski definition) is 1. The highest BCUT2D eigenvalue weighted by Gasteiger charge is 1.97. The molecular formula is C9H11N3. The monoisotopic (exact) mass is 161 g/mol. The summed E-state index contributed by atoms with van der Waals surface area (Å²) in [6.07, 6.45) is 2.50. The van der Waals surface area contributed by atoms with E-state index in [2.05, 4.69) is 4.98 Å². The number of pyridine rings is 1. The maximum atomic E-state index is 8.47. The van der Waals surface area contributed by atoms with Crippen LogP contribution in [0.25, 0.3) is 0 Å². The third-order valence-electron chi connectivity index (χ3n) is 1.50. The van der Waals surface area contributed by atoms with Crippen molar-refractivity contribution in [1.29, 1.82) is 5.26 Å². The number of rotatable bonds is 2. The molecular weight excluding hydrogens is 150 g/mol. The minimum Gasteiger partial charge on any atom is -0.328 e. The topological polar surface area (TPSA) is 62.7 Å². The lowest BCUT2D eigenvalue weighted by molar-refractivity contribution is 0.735. The Morgan fingerprint density at radius 2 is 2.42 bits per heavy atom. The first-order valence-electron chi connectivity index (χ1n) is 3.83. The third kappa shape index (κ3) is 2.33. The average molecular weight is 161 g/mol. The van der Waals surface area contributed by atoms with Crippen LogP contribution in [0.4, 0.5) is 0 Å². The van der Waals surface area contributed by atoms with Crippen LogP contribution in [0.5, 0.6) is 0 Å². The van der Waals surface area contributed by atoms with Crippen molar-refractivity contribution in [2.45, 2.75) is 19.4 Å². The Morgan fingerprint density at radius 3 is 2.83 bits per heavy atom. The van der Waals surface area contributed by atoms with Crippen LogP contribution < -0.4 is 5.73 Å². The molecule has 1 aromatic heterocycles. The van der Waals surface area contributed by atoms with Crippen LogP contribution in [-0.2, 0) is 6.42 Å². The average Bonchev–Trinajstić information content (AvgIpc) is 2.05. The summed E-state index contributed by atoms with van der Waals surface area (Å²) >= 11 is 0. The lowest BCUT2D eigenvalue weighted by Crippen LogP contribution is -2.17. The number of nitrogens with two attached hydrogens (primary N) is 1. The largest absolute Gasteiger partial charge is 0.328 e. The van der Waals surface area contributed by atoms with Gasteiger partial charge in [-0.1, -0.05) is 6.07 Å². The zero-order valence-electron chi connectivity index (χ0n) is 6.99. The van der Waals surface area contributed by atoms with Gasteiger partial charge in [0.15, 0.2) is 0 Å². The molecule has 1 unspecified atom stereocenters. The molecule has 0 aliphatic heterocycles. The van der Waals surface area contributed by atoms with E-state index in [-0.39, 0.29) is 6.04 Å². The summed E-state index contributed by atoms with van der Waals surface area (Å²) < 4.78 is 0. The molecule has 0 amide bonds. The third-order valence-corrected chi connectivity index (χ3v) is 1.50. The van der Waals surface area contributed by atoms with Gasteiger partial charge >= 0.3 is 0 Å². The van der Waals surface area contributed by atoms with E-state index in [0.717, 1.165) is 12.0 Å².